The van der Waals surface area contributed by atoms with Gasteiger partial charge in [-0.1, -0.05) is 30.3 Å². The van der Waals surface area contributed by atoms with Crippen molar-refractivity contribution in [2.45, 2.75) is 37.8 Å². The zero-order valence-corrected chi connectivity index (χ0v) is 18.2. The van der Waals surface area contributed by atoms with Crippen LogP contribution >= 0.6 is 0 Å². The third-order valence-corrected chi connectivity index (χ3v) is 4.94. The molecule has 10 heteroatoms. The Balaban J connectivity index is 1.98. The van der Waals surface area contributed by atoms with Crippen LogP contribution in [-0.2, 0) is 32.0 Å². The minimum Gasteiger partial charge on any atom is -0.504 e. The Hall–Kier alpha value is -3.79. The zero-order chi connectivity index (χ0) is 24.4. The average molecular weight is 460 g/mol. The fraction of sp³-hybridized carbons (Fsp3) is 0.348. The van der Waals surface area contributed by atoms with E-state index >= 15 is 0 Å². The molecule has 0 unspecified atom stereocenters. The number of carboxylic acid groups (broad SMARTS) is 1. The topological polar surface area (TPSA) is 165 Å². The highest BCUT2D eigenvalue weighted by atomic mass is 16.5. The minimum absolute atomic E-state index is 0.187. The summed E-state index contributed by atoms with van der Waals surface area (Å²) in [5.41, 5.74) is 1.36. The van der Waals surface area contributed by atoms with E-state index in [1.54, 1.807) is 24.3 Å². The largest absolute Gasteiger partial charge is 0.504 e. The van der Waals surface area contributed by atoms with Crippen LogP contribution in [0.15, 0.2) is 42.5 Å². The molecule has 1 amide bonds. The van der Waals surface area contributed by atoms with Crippen molar-refractivity contribution in [3.63, 3.8) is 0 Å². The number of aryl methyl sites for hydroxylation is 1. The third-order valence-electron chi connectivity index (χ3n) is 4.94. The quantitative estimate of drug-likeness (QED) is 0.154. The maximum atomic E-state index is 12.8. The van der Waals surface area contributed by atoms with Gasteiger partial charge in [-0.05, 0) is 42.6 Å². The summed E-state index contributed by atoms with van der Waals surface area (Å²) >= 11 is 0. The highest BCUT2D eigenvalue weighted by Gasteiger charge is 2.27. The first-order chi connectivity index (χ1) is 15.7. The van der Waals surface area contributed by atoms with Crippen molar-refractivity contribution in [3.05, 3.63) is 53.6 Å². The SMILES string of the molecule is COC(=O)[C@@H](Cc1ccccc1)NC(=O)[C@@H](CC(=O)O)NCCCc1cc(O)c(O)c(O)c1. The molecule has 0 aliphatic heterocycles. The van der Waals surface area contributed by atoms with Gasteiger partial charge in [0.25, 0.3) is 0 Å². The molecule has 0 aliphatic rings. The predicted octanol–water partition coefficient (Wildman–Crippen LogP) is 1.07. The number of hydrogen-bond donors (Lipinski definition) is 6. The van der Waals surface area contributed by atoms with Crippen LogP contribution in [0.5, 0.6) is 17.2 Å². The molecule has 10 nitrogen and oxygen atoms in total. The van der Waals surface area contributed by atoms with E-state index in [4.69, 9.17) is 4.74 Å². The van der Waals surface area contributed by atoms with Gasteiger partial charge in [-0.15, -0.1) is 0 Å². The molecule has 0 aliphatic carbocycles. The molecule has 33 heavy (non-hydrogen) atoms. The molecule has 0 radical (unpaired) electrons. The van der Waals surface area contributed by atoms with Gasteiger partial charge in [0, 0.05) is 6.42 Å². The molecular weight excluding hydrogens is 432 g/mol. The monoisotopic (exact) mass is 460 g/mol. The number of benzene rings is 2. The second kappa shape index (κ2) is 12.3. The smallest absolute Gasteiger partial charge is 0.328 e. The van der Waals surface area contributed by atoms with Gasteiger partial charge in [0.2, 0.25) is 5.91 Å². The summed E-state index contributed by atoms with van der Waals surface area (Å²) in [6, 6.07) is 9.56. The van der Waals surface area contributed by atoms with Crippen LogP contribution in [-0.4, -0.2) is 64.0 Å². The standard InChI is InChI=1S/C23H28N2O8/c1-33-23(32)17(10-14-6-3-2-4-7-14)25-22(31)16(13-20(28)29)24-9-5-8-15-11-18(26)21(30)19(27)12-15/h2-4,6-7,11-12,16-17,24,26-27,30H,5,8-10,13H2,1H3,(H,25,31)(H,28,29)/t16-,17-/m1/s1. The summed E-state index contributed by atoms with van der Waals surface area (Å²) in [6.07, 6.45) is 0.519. The summed E-state index contributed by atoms with van der Waals surface area (Å²) in [6.45, 7) is 0.245. The molecule has 0 saturated carbocycles. The van der Waals surface area contributed by atoms with E-state index in [0.29, 0.717) is 18.4 Å². The Morgan fingerprint density at radius 1 is 0.970 bits per heavy atom. The molecule has 0 aromatic heterocycles. The number of carboxylic acids is 1. The molecule has 2 atom stereocenters. The molecule has 178 valence electrons. The normalized spacial score (nSPS) is 12.5. The number of methoxy groups -OCH3 is 1. The number of esters is 1. The number of rotatable bonds is 12. The first kappa shape index (κ1) is 25.5. The van der Waals surface area contributed by atoms with E-state index in [-0.39, 0.29) is 13.0 Å². The van der Waals surface area contributed by atoms with E-state index in [1.807, 2.05) is 6.07 Å². The van der Waals surface area contributed by atoms with E-state index < -0.39 is 53.6 Å². The van der Waals surface area contributed by atoms with Crippen LogP contribution in [0.1, 0.15) is 24.0 Å². The number of aromatic hydroxyl groups is 3. The van der Waals surface area contributed by atoms with Gasteiger partial charge >= 0.3 is 11.9 Å². The van der Waals surface area contributed by atoms with Crippen LogP contribution in [0, 0.1) is 0 Å². The first-order valence-corrected chi connectivity index (χ1v) is 10.3. The highest BCUT2D eigenvalue weighted by Crippen LogP contribution is 2.35. The van der Waals surface area contributed by atoms with Crippen LogP contribution < -0.4 is 10.6 Å². The summed E-state index contributed by atoms with van der Waals surface area (Å²) < 4.78 is 4.77. The van der Waals surface area contributed by atoms with E-state index in [0.717, 1.165) is 5.56 Å². The lowest BCUT2D eigenvalue weighted by atomic mass is 10.0. The molecule has 0 bridgehead atoms. The van der Waals surface area contributed by atoms with Crippen LogP contribution in [0.2, 0.25) is 0 Å². The summed E-state index contributed by atoms with van der Waals surface area (Å²) in [4.78, 5) is 36.2. The lowest BCUT2D eigenvalue weighted by Crippen LogP contribution is -2.52. The Morgan fingerprint density at radius 3 is 2.18 bits per heavy atom. The summed E-state index contributed by atoms with van der Waals surface area (Å²) in [7, 11) is 1.21. The maximum Gasteiger partial charge on any atom is 0.328 e. The van der Waals surface area contributed by atoms with Crippen LogP contribution in [0.4, 0.5) is 0 Å². The fourth-order valence-electron chi connectivity index (χ4n) is 3.26. The average Bonchev–Trinajstić information content (AvgIpc) is 2.78. The second-order valence-electron chi connectivity index (χ2n) is 7.46. The summed E-state index contributed by atoms with van der Waals surface area (Å²) in [5, 5.41) is 43.2. The first-order valence-electron chi connectivity index (χ1n) is 10.3. The Labute approximate surface area is 190 Å². The number of nitrogens with one attached hydrogen (secondary N) is 2. The fourth-order valence-corrected chi connectivity index (χ4v) is 3.26. The van der Waals surface area contributed by atoms with Gasteiger partial charge < -0.3 is 35.8 Å². The number of phenols is 3. The van der Waals surface area contributed by atoms with E-state index in [2.05, 4.69) is 10.6 Å². The Kier molecular flexibility index (Phi) is 9.49. The van der Waals surface area contributed by atoms with Crippen molar-refractivity contribution in [3.8, 4) is 17.2 Å². The number of phenolic OH excluding ortho intramolecular Hbond substituents is 3. The van der Waals surface area contributed by atoms with Crippen molar-refractivity contribution >= 4 is 17.8 Å². The van der Waals surface area contributed by atoms with E-state index in [9.17, 15) is 34.8 Å². The summed E-state index contributed by atoms with van der Waals surface area (Å²) in [5.74, 6) is -3.99. The number of carbonyl (C=O) groups is 3. The number of carbonyl (C=O) groups excluding carboxylic acids is 2. The minimum atomic E-state index is -1.19. The van der Waals surface area contributed by atoms with Crippen molar-refractivity contribution in [2.24, 2.45) is 0 Å². The lowest BCUT2D eigenvalue weighted by Gasteiger charge is -2.21. The van der Waals surface area contributed by atoms with Gasteiger partial charge in [0.1, 0.15) is 6.04 Å². The molecular formula is C23H28N2O8. The molecule has 6 N–H and O–H groups in total. The Bertz CT molecular complexity index is 941. The van der Waals surface area contributed by atoms with Gasteiger partial charge in [0.05, 0.1) is 19.6 Å². The molecule has 0 fully saturated rings. The van der Waals surface area contributed by atoms with Gasteiger partial charge in [-0.25, -0.2) is 4.79 Å². The van der Waals surface area contributed by atoms with Crippen molar-refractivity contribution in [2.75, 3.05) is 13.7 Å². The Morgan fingerprint density at radius 2 is 1.61 bits per heavy atom. The van der Waals surface area contributed by atoms with Crippen molar-refractivity contribution in [1.82, 2.24) is 10.6 Å². The highest BCUT2D eigenvalue weighted by molar-refractivity contribution is 5.90. The lowest BCUT2D eigenvalue weighted by molar-refractivity contribution is -0.145. The second-order valence-corrected chi connectivity index (χ2v) is 7.46. The van der Waals surface area contributed by atoms with Crippen LogP contribution in [0.3, 0.4) is 0 Å². The molecule has 0 heterocycles. The number of ether oxygens (including phenoxy) is 1. The molecule has 2 aromatic carbocycles. The van der Waals surface area contributed by atoms with Crippen molar-refractivity contribution in [1.29, 1.82) is 0 Å². The van der Waals surface area contributed by atoms with E-state index in [1.165, 1.54) is 19.2 Å². The molecule has 2 aromatic rings. The van der Waals surface area contributed by atoms with Gasteiger partial charge in [-0.3, -0.25) is 9.59 Å². The molecule has 0 saturated heterocycles. The molecule has 0 spiro atoms. The number of hydrogen-bond acceptors (Lipinski definition) is 8. The predicted molar refractivity (Wildman–Crippen MR) is 118 cm³/mol. The van der Waals surface area contributed by atoms with Crippen LogP contribution in [0.25, 0.3) is 0 Å². The zero-order valence-electron chi connectivity index (χ0n) is 18.2. The maximum absolute atomic E-state index is 12.8. The van der Waals surface area contributed by atoms with Crippen molar-refractivity contribution < 1.29 is 39.5 Å². The van der Waals surface area contributed by atoms with Gasteiger partial charge in [-0.2, -0.15) is 0 Å². The molecule has 2 rings (SSSR count). The third kappa shape index (κ3) is 8.00. The number of amides is 1. The van der Waals surface area contributed by atoms with Gasteiger partial charge in [0.15, 0.2) is 17.2 Å². The number of aliphatic carboxylic acids is 1.